The maximum Gasteiger partial charge on any atom is 0.420 e. The van der Waals surface area contributed by atoms with Gasteiger partial charge in [0.05, 0.1) is 18.7 Å². The lowest BCUT2D eigenvalue weighted by molar-refractivity contribution is -0.278. The van der Waals surface area contributed by atoms with Gasteiger partial charge in [-0.1, -0.05) is 24.6 Å². The molecule has 1 aromatic carbocycles. The van der Waals surface area contributed by atoms with E-state index in [1.165, 1.54) is 7.11 Å². The van der Waals surface area contributed by atoms with Gasteiger partial charge < -0.3 is 14.9 Å². The highest BCUT2D eigenvalue weighted by Gasteiger charge is 2.57. The molecule has 0 heterocycles. The van der Waals surface area contributed by atoms with Crippen LogP contribution in [0.25, 0.3) is 0 Å². The number of ether oxygens (including phenoxy) is 1. The van der Waals surface area contributed by atoms with Gasteiger partial charge in [0.1, 0.15) is 0 Å². The van der Waals surface area contributed by atoms with Gasteiger partial charge in [-0.2, -0.15) is 13.2 Å². The van der Waals surface area contributed by atoms with Crippen molar-refractivity contribution in [2.24, 2.45) is 0 Å². The van der Waals surface area contributed by atoms with Gasteiger partial charge in [0.15, 0.2) is 17.2 Å². The van der Waals surface area contributed by atoms with E-state index >= 15 is 0 Å². The largest absolute Gasteiger partial charge is 0.494 e. The van der Waals surface area contributed by atoms with Gasteiger partial charge in [0.25, 0.3) is 0 Å². The summed E-state index contributed by atoms with van der Waals surface area (Å²) in [4.78, 5) is 0. The molecule has 0 spiro atoms. The van der Waals surface area contributed by atoms with E-state index in [0.717, 1.165) is 19.1 Å². The van der Waals surface area contributed by atoms with Crippen LogP contribution in [0.1, 0.15) is 18.4 Å². The summed E-state index contributed by atoms with van der Waals surface area (Å²) < 4.78 is 56.9. The fraction of sp³-hybridized carbons (Fsp3) is 0.500. The second-order valence-corrected chi connectivity index (χ2v) is 4.66. The molecule has 0 radical (unpaired) electrons. The standard InChI is InChI=1S/C12H13ClF4O3/c1-6(11(19,5-18)12(15,16)17)7-3-4-8(20-2)10(14)9(7)13/h3-4,6,18-19H,5H2,1-2H3. The van der Waals surface area contributed by atoms with Crippen molar-refractivity contribution in [3.63, 3.8) is 0 Å². The first-order valence-electron chi connectivity index (χ1n) is 5.52. The van der Waals surface area contributed by atoms with Crippen LogP contribution in [0.4, 0.5) is 17.6 Å². The number of aliphatic hydroxyl groups is 2. The third kappa shape index (κ3) is 2.70. The third-order valence-electron chi connectivity index (χ3n) is 3.21. The van der Waals surface area contributed by atoms with Gasteiger partial charge >= 0.3 is 6.18 Å². The van der Waals surface area contributed by atoms with E-state index in [2.05, 4.69) is 4.74 Å². The van der Waals surface area contributed by atoms with Crippen molar-refractivity contribution < 1.29 is 32.5 Å². The molecule has 1 rings (SSSR count). The van der Waals surface area contributed by atoms with Gasteiger partial charge in [-0.3, -0.25) is 0 Å². The maximum absolute atomic E-state index is 13.7. The van der Waals surface area contributed by atoms with Crippen LogP contribution in [0, 0.1) is 5.82 Å². The number of benzene rings is 1. The average molecular weight is 317 g/mol. The lowest BCUT2D eigenvalue weighted by Gasteiger charge is -2.34. The van der Waals surface area contributed by atoms with Crippen molar-refractivity contribution in [1.29, 1.82) is 0 Å². The predicted molar refractivity (Wildman–Crippen MR) is 64.5 cm³/mol. The molecular weight excluding hydrogens is 304 g/mol. The Labute approximate surface area is 117 Å². The molecule has 1 aromatic rings. The number of methoxy groups -OCH3 is 1. The SMILES string of the molecule is COc1ccc(C(C)C(O)(CO)C(F)(F)F)c(Cl)c1F. The van der Waals surface area contributed by atoms with Crippen LogP contribution in [0.5, 0.6) is 5.75 Å². The van der Waals surface area contributed by atoms with Crippen molar-refractivity contribution in [3.05, 3.63) is 28.5 Å². The van der Waals surface area contributed by atoms with E-state index in [4.69, 9.17) is 16.7 Å². The summed E-state index contributed by atoms with van der Waals surface area (Å²) in [5.41, 5.74) is -3.70. The van der Waals surface area contributed by atoms with Crippen LogP contribution in [0.3, 0.4) is 0 Å². The highest BCUT2D eigenvalue weighted by Crippen LogP contribution is 2.44. The summed E-state index contributed by atoms with van der Waals surface area (Å²) in [5.74, 6) is -2.92. The molecule has 0 amide bonds. The zero-order valence-electron chi connectivity index (χ0n) is 10.6. The minimum Gasteiger partial charge on any atom is -0.494 e. The number of hydrogen-bond acceptors (Lipinski definition) is 3. The van der Waals surface area contributed by atoms with Gasteiger partial charge in [-0.15, -0.1) is 0 Å². The minimum absolute atomic E-state index is 0.231. The Balaban J connectivity index is 3.35. The van der Waals surface area contributed by atoms with Gasteiger partial charge in [0, 0.05) is 5.92 Å². The minimum atomic E-state index is -5.10. The Kier molecular flexibility index (Phi) is 4.89. The van der Waals surface area contributed by atoms with Crippen LogP contribution in [-0.4, -0.2) is 35.7 Å². The normalized spacial score (nSPS) is 16.6. The first-order chi connectivity index (χ1) is 9.10. The molecule has 0 aliphatic rings. The lowest BCUT2D eigenvalue weighted by atomic mass is 9.83. The topological polar surface area (TPSA) is 49.7 Å². The first kappa shape index (κ1) is 17.0. The van der Waals surface area contributed by atoms with Crippen LogP contribution in [0.15, 0.2) is 12.1 Å². The molecule has 3 nitrogen and oxygen atoms in total. The summed E-state index contributed by atoms with van der Waals surface area (Å²) in [6.07, 6.45) is -5.10. The maximum atomic E-state index is 13.7. The lowest BCUT2D eigenvalue weighted by Crippen LogP contribution is -2.52. The second kappa shape index (κ2) is 5.75. The van der Waals surface area contributed by atoms with Crippen molar-refractivity contribution >= 4 is 11.6 Å². The van der Waals surface area contributed by atoms with Crippen LogP contribution >= 0.6 is 11.6 Å². The number of aliphatic hydroxyl groups excluding tert-OH is 1. The Hall–Kier alpha value is -1.05. The van der Waals surface area contributed by atoms with E-state index < -0.39 is 35.1 Å². The van der Waals surface area contributed by atoms with Crippen molar-refractivity contribution in [2.45, 2.75) is 24.6 Å². The van der Waals surface area contributed by atoms with Crippen molar-refractivity contribution in [2.75, 3.05) is 13.7 Å². The summed E-state index contributed by atoms with van der Waals surface area (Å²) in [7, 11) is 1.18. The van der Waals surface area contributed by atoms with Crippen LogP contribution < -0.4 is 4.74 Å². The fourth-order valence-corrected chi connectivity index (χ4v) is 2.09. The van der Waals surface area contributed by atoms with Crippen molar-refractivity contribution in [3.8, 4) is 5.75 Å². The highest BCUT2D eigenvalue weighted by molar-refractivity contribution is 6.31. The molecule has 2 unspecified atom stereocenters. The molecule has 0 bridgehead atoms. The quantitative estimate of drug-likeness (QED) is 0.840. The van der Waals surface area contributed by atoms with Crippen LogP contribution in [0.2, 0.25) is 5.02 Å². The summed E-state index contributed by atoms with van der Waals surface area (Å²) >= 11 is 5.67. The van der Waals surface area contributed by atoms with Crippen molar-refractivity contribution in [1.82, 2.24) is 0 Å². The number of halogens is 5. The zero-order chi connectivity index (χ0) is 15.7. The molecule has 0 fully saturated rings. The molecule has 20 heavy (non-hydrogen) atoms. The average Bonchev–Trinajstić information content (AvgIpc) is 2.38. The van der Waals surface area contributed by atoms with Crippen LogP contribution in [-0.2, 0) is 0 Å². The Morgan fingerprint density at radius 3 is 2.30 bits per heavy atom. The van der Waals surface area contributed by atoms with Gasteiger partial charge in [-0.05, 0) is 11.6 Å². The summed E-state index contributed by atoms with van der Waals surface area (Å²) in [5, 5.41) is 17.9. The molecule has 114 valence electrons. The van der Waals surface area contributed by atoms with E-state index in [-0.39, 0.29) is 11.3 Å². The van der Waals surface area contributed by atoms with Gasteiger partial charge in [-0.25, -0.2) is 4.39 Å². The molecule has 0 saturated heterocycles. The molecule has 0 aliphatic carbocycles. The molecule has 2 N–H and O–H groups in total. The molecule has 8 heteroatoms. The molecular formula is C12H13ClF4O3. The zero-order valence-corrected chi connectivity index (χ0v) is 11.4. The number of alkyl halides is 3. The van der Waals surface area contributed by atoms with E-state index in [0.29, 0.717) is 0 Å². The second-order valence-electron chi connectivity index (χ2n) is 4.29. The smallest absolute Gasteiger partial charge is 0.420 e. The summed E-state index contributed by atoms with van der Waals surface area (Å²) in [6.45, 7) is -0.571. The Bertz CT molecular complexity index is 492. The number of rotatable bonds is 4. The molecule has 2 atom stereocenters. The Morgan fingerprint density at radius 2 is 1.90 bits per heavy atom. The molecule has 0 aromatic heterocycles. The fourth-order valence-electron chi connectivity index (χ4n) is 1.77. The third-order valence-corrected chi connectivity index (χ3v) is 3.60. The highest BCUT2D eigenvalue weighted by atomic mass is 35.5. The van der Waals surface area contributed by atoms with E-state index in [1.54, 1.807) is 0 Å². The van der Waals surface area contributed by atoms with Gasteiger partial charge in [0.2, 0.25) is 0 Å². The molecule has 0 aliphatic heterocycles. The Morgan fingerprint density at radius 1 is 1.35 bits per heavy atom. The predicted octanol–water partition coefficient (Wildman–Crippen LogP) is 2.88. The monoisotopic (exact) mass is 316 g/mol. The van der Waals surface area contributed by atoms with E-state index in [1.807, 2.05) is 0 Å². The number of hydrogen-bond donors (Lipinski definition) is 2. The summed E-state index contributed by atoms with van der Waals surface area (Å²) in [6, 6.07) is 2.21. The van der Waals surface area contributed by atoms with E-state index in [9.17, 15) is 22.7 Å². The first-order valence-corrected chi connectivity index (χ1v) is 5.89. The molecule has 0 saturated carbocycles.